The average molecular weight is 166 g/mol. The van der Waals surface area contributed by atoms with Crippen molar-refractivity contribution in [2.75, 3.05) is 13.7 Å². The van der Waals surface area contributed by atoms with Crippen molar-refractivity contribution in [1.82, 2.24) is 0 Å². The first kappa shape index (κ1) is 7.58. The van der Waals surface area contributed by atoms with Crippen LogP contribution in [0.1, 0.15) is 0 Å². The van der Waals surface area contributed by atoms with Gasteiger partial charge in [-0.2, -0.15) is 0 Å². The molecule has 1 unspecified atom stereocenters. The third-order valence-electron chi connectivity index (χ3n) is 2.06. The van der Waals surface area contributed by atoms with Gasteiger partial charge in [-0.3, -0.25) is 0 Å². The van der Waals surface area contributed by atoms with Crippen molar-refractivity contribution in [2.24, 2.45) is 0 Å². The Bertz CT molecular complexity index is 288. The van der Waals surface area contributed by atoms with E-state index in [1.165, 1.54) is 7.11 Å². The Hall–Kier alpha value is -1.06. The lowest BCUT2D eigenvalue weighted by atomic mass is 10.00. The van der Waals surface area contributed by atoms with Crippen molar-refractivity contribution in [1.29, 1.82) is 0 Å². The van der Waals surface area contributed by atoms with Crippen molar-refractivity contribution >= 4 is 0 Å². The SMILES string of the molecule is COC1(O)C=CC=C2OCC=C21. The lowest BCUT2D eigenvalue weighted by molar-refractivity contribution is -0.116. The first-order chi connectivity index (χ1) is 5.76. The smallest absolute Gasteiger partial charge is 0.216 e. The Morgan fingerprint density at radius 3 is 3.25 bits per heavy atom. The summed E-state index contributed by atoms with van der Waals surface area (Å²) in [5.41, 5.74) is 0.701. The molecule has 1 N–H and O–H groups in total. The maximum absolute atomic E-state index is 9.85. The van der Waals surface area contributed by atoms with E-state index in [0.717, 1.165) is 0 Å². The molecule has 1 heterocycles. The van der Waals surface area contributed by atoms with Crippen LogP contribution in [-0.4, -0.2) is 24.6 Å². The predicted octanol–water partition coefficient (Wildman–Crippen LogP) is 0.732. The number of allylic oxidation sites excluding steroid dienone is 2. The van der Waals surface area contributed by atoms with Crippen LogP contribution >= 0.6 is 0 Å². The molecule has 2 rings (SSSR count). The second kappa shape index (κ2) is 2.47. The van der Waals surface area contributed by atoms with Crippen molar-refractivity contribution in [3.8, 4) is 0 Å². The Balaban J connectivity index is 2.41. The summed E-state index contributed by atoms with van der Waals surface area (Å²) in [6.07, 6.45) is 6.95. The fraction of sp³-hybridized carbons (Fsp3) is 0.333. The van der Waals surface area contributed by atoms with Gasteiger partial charge in [0.15, 0.2) is 0 Å². The van der Waals surface area contributed by atoms with Gasteiger partial charge in [-0.1, -0.05) is 6.08 Å². The van der Waals surface area contributed by atoms with E-state index in [2.05, 4.69) is 0 Å². The van der Waals surface area contributed by atoms with Crippen LogP contribution in [0.15, 0.2) is 35.6 Å². The lowest BCUT2D eigenvalue weighted by Crippen LogP contribution is -2.32. The largest absolute Gasteiger partial charge is 0.489 e. The molecule has 12 heavy (non-hydrogen) atoms. The van der Waals surface area contributed by atoms with E-state index in [0.29, 0.717) is 17.9 Å². The van der Waals surface area contributed by atoms with Crippen LogP contribution in [0.25, 0.3) is 0 Å². The van der Waals surface area contributed by atoms with Crippen molar-refractivity contribution in [2.45, 2.75) is 5.79 Å². The number of rotatable bonds is 1. The molecule has 0 saturated carbocycles. The van der Waals surface area contributed by atoms with Crippen LogP contribution in [-0.2, 0) is 9.47 Å². The Morgan fingerprint density at radius 1 is 1.67 bits per heavy atom. The van der Waals surface area contributed by atoms with Crippen LogP contribution in [0.3, 0.4) is 0 Å². The Labute approximate surface area is 70.6 Å². The van der Waals surface area contributed by atoms with E-state index in [1.54, 1.807) is 12.2 Å². The number of hydrogen-bond donors (Lipinski definition) is 1. The lowest BCUT2D eigenvalue weighted by Gasteiger charge is -2.26. The molecule has 0 aromatic heterocycles. The van der Waals surface area contributed by atoms with Gasteiger partial charge in [-0.05, 0) is 18.2 Å². The van der Waals surface area contributed by atoms with Crippen LogP contribution in [0.5, 0.6) is 0 Å². The summed E-state index contributed by atoms with van der Waals surface area (Å²) in [4.78, 5) is 0. The van der Waals surface area contributed by atoms with Gasteiger partial charge in [-0.15, -0.1) is 0 Å². The molecule has 0 aromatic carbocycles. The van der Waals surface area contributed by atoms with Gasteiger partial charge in [0.1, 0.15) is 12.4 Å². The molecule has 2 aliphatic rings. The van der Waals surface area contributed by atoms with E-state index in [1.807, 2.05) is 12.2 Å². The molecule has 1 aliphatic carbocycles. The molecule has 0 bridgehead atoms. The number of aliphatic hydroxyl groups is 1. The molecule has 0 aromatic rings. The standard InChI is InChI=1S/C9H10O3/c1-11-9(10)5-2-3-8-7(9)4-6-12-8/h2-5,10H,6H2,1H3. The molecule has 3 nitrogen and oxygen atoms in total. The van der Waals surface area contributed by atoms with Crippen LogP contribution in [0, 0.1) is 0 Å². The van der Waals surface area contributed by atoms with Gasteiger partial charge in [-0.25, -0.2) is 0 Å². The molecule has 1 atom stereocenters. The minimum absolute atomic E-state index is 0.508. The third-order valence-corrected chi connectivity index (χ3v) is 2.06. The number of methoxy groups -OCH3 is 1. The predicted molar refractivity (Wildman–Crippen MR) is 43.2 cm³/mol. The molecule has 3 heteroatoms. The fourth-order valence-corrected chi connectivity index (χ4v) is 1.39. The first-order valence-electron chi connectivity index (χ1n) is 3.77. The average Bonchev–Trinajstić information content (AvgIpc) is 2.54. The number of hydrogen-bond acceptors (Lipinski definition) is 3. The highest BCUT2D eigenvalue weighted by Crippen LogP contribution is 2.33. The van der Waals surface area contributed by atoms with E-state index in [4.69, 9.17) is 9.47 Å². The zero-order chi connectivity index (χ0) is 8.60. The number of fused-ring (bicyclic) bond motifs is 1. The molecule has 1 aliphatic heterocycles. The van der Waals surface area contributed by atoms with E-state index < -0.39 is 5.79 Å². The van der Waals surface area contributed by atoms with Gasteiger partial charge >= 0.3 is 0 Å². The van der Waals surface area contributed by atoms with Crippen LogP contribution in [0.2, 0.25) is 0 Å². The molecule has 0 fully saturated rings. The number of ether oxygens (including phenoxy) is 2. The summed E-state index contributed by atoms with van der Waals surface area (Å²) < 4.78 is 10.2. The van der Waals surface area contributed by atoms with Gasteiger partial charge < -0.3 is 14.6 Å². The summed E-state index contributed by atoms with van der Waals surface area (Å²) in [5, 5.41) is 9.85. The summed E-state index contributed by atoms with van der Waals surface area (Å²) >= 11 is 0. The second-order valence-corrected chi connectivity index (χ2v) is 2.72. The van der Waals surface area contributed by atoms with Crippen molar-refractivity contribution < 1.29 is 14.6 Å². The van der Waals surface area contributed by atoms with Crippen LogP contribution in [0.4, 0.5) is 0 Å². The summed E-state index contributed by atoms with van der Waals surface area (Å²) in [6, 6.07) is 0. The van der Waals surface area contributed by atoms with Gasteiger partial charge in [0.05, 0.1) is 5.57 Å². The van der Waals surface area contributed by atoms with E-state index in [9.17, 15) is 5.11 Å². The van der Waals surface area contributed by atoms with Crippen LogP contribution < -0.4 is 0 Å². The minimum atomic E-state index is -1.29. The second-order valence-electron chi connectivity index (χ2n) is 2.72. The Kier molecular flexibility index (Phi) is 1.56. The third kappa shape index (κ3) is 0.906. The zero-order valence-electron chi connectivity index (χ0n) is 6.78. The topological polar surface area (TPSA) is 38.7 Å². The monoisotopic (exact) mass is 166 g/mol. The van der Waals surface area contributed by atoms with E-state index >= 15 is 0 Å². The minimum Gasteiger partial charge on any atom is -0.489 e. The highest BCUT2D eigenvalue weighted by molar-refractivity contribution is 5.44. The molecule has 0 spiro atoms. The maximum atomic E-state index is 9.85. The maximum Gasteiger partial charge on any atom is 0.216 e. The highest BCUT2D eigenvalue weighted by atomic mass is 16.6. The van der Waals surface area contributed by atoms with Gasteiger partial charge in [0, 0.05) is 7.11 Å². The molecule has 64 valence electrons. The molecular weight excluding hydrogens is 156 g/mol. The summed E-state index contributed by atoms with van der Waals surface area (Å²) in [7, 11) is 1.46. The summed E-state index contributed by atoms with van der Waals surface area (Å²) in [5.74, 6) is -0.595. The molecule has 0 amide bonds. The zero-order valence-corrected chi connectivity index (χ0v) is 6.78. The van der Waals surface area contributed by atoms with Crippen molar-refractivity contribution in [3.05, 3.63) is 35.6 Å². The normalized spacial score (nSPS) is 32.2. The first-order valence-corrected chi connectivity index (χ1v) is 3.77. The quantitative estimate of drug-likeness (QED) is 0.584. The summed E-state index contributed by atoms with van der Waals surface area (Å²) in [6.45, 7) is 0.508. The Morgan fingerprint density at radius 2 is 2.50 bits per heavy atom. The van der Waals surface area contributed by atoms with Gasteiger partial charge in [0.2, 0.25) is 5.79 Å². The van der Waals surface area contributed by atoms with Gasteiger partial charge in [0.25, 0.3) is 0 Å². The fourth-order valence-electron chi connectivity index (χ4n) is 1.39. The molecular formula is C9H10O3. The van der Waals surface area contributed by atoms with E-state index in [-0.39, 0.29) is 0 Å². The highest BCUT2D eigenvalue weighted by Gasteiger charge is 2.35. The van der Waals surface area contributed by atoms with Crippen molar-refractivity contribution in [3.63, 3.8) is 0 Å². The molecule has 0 radical (unpaired) electrons. The molecule has 0 saturated heterocycles.